The Labute approximate surface area is 190 Å². The van der Waals surface area contributed by atoms with Crippen molar-refractivity contribution in [3.05, 3.63) is 63.9 Å². The second-order valence-electron chi connectivity index (χ2n) is 7.78. The van der Waals surface area contributed by atoms with Crippen molar-refractivity contribution in [2.45, 2.75) is 49.6 Å². The molecule has 0 saturated heterocycles. The van der Waals surface area contributed by atoms with Gasteiger partial charge in [-0.15, -0.1) is 0 Å². The predicted octanol–water partition coefficient (Wildman–Crippen LogP) is 3.57. The number of rotatable bonds is 7. The molecule has 1 aromatic heterocycles. The highest BCUT2D eigenvalue weighted by atomic mass is 32.2. The van der Waals surface area contributed by atoms with Crippen molar-refractivity contribution >= 4 is 40.2 Å². The Morgan fingerprint density at radius 2 is 1.97 bits per heavy atom. The first-order chi connectivity index (χ1) is 15.5. The fourth-order valence-corrected chi connectivity index (χ4v) is 4.78. The van der Waals surface area contributed by atoms with Crippen LogP contribution in [-0.4, -0.2) is 33.8 Å². The van der Waals surface area contributed by atoms with E-state index in [9.17, 15) is 14.4 Å². The lowest BCUT2D eigenvalue weighted by Crippen LogP contribution is -2.28. The van der Waals surface area contributed by atoms with E-state index >= 15 is 0 Å². The van der Waals surface area contributed by atoms with Gasteiger partial charge < -0.3 is 10.1 Å². The lowest BCUT2D eigenvalue weighted by Gasteiger charge is -2.16. The molecule has 1 atom stereocenters. The molecule has 32 heavy (non-hydrogen) atoms. The molecule has 0 aliphatic heterocycles. The van der Waals surface area contributed by atoms with Gasteiger partial charge in [0.25, 0.3) is 5.56 Å². The van der Waals surface area contributed by atoms with Gasteiger partial charge in [0.05, 0.1) is 29.7 Å². The second-order valence-corrected chi connectivity index (χ2v) is 9.09. The Morgan fingerprint density at radius 3 is 2.78 bits per heavy atom. The van der Waals surface area contributed by atoms with Gasteiger partial charge in [-0.25, -0.2) is 4.98 Å². The highest BCUT2D eigenvalue weighted by Gasteiger charge is 2.21. The number of nitrogens with zero attached hydrogens (tertiary/aromatic N) is 2. The number of thioether (sulfide) groups is 1. The first kappa shape index (κ1) is 22.1. The monoisotopic (exact) mass is 451 g/mol. The third-order valence-electron chi connectivity index (χ3n) is 5.61. The van der Waals surface area contributed by atoms with Crippen LogP contribution in [0.15, 0.2) is 52.4 Å². The summed E-state index contributed by atoms with van der Waals surface area (Å²) in [5.74, 6) is -0.585. The average molecular weight is 452 g/mol. The van der Waals surface area contributed by atoms with E-state index in [2.05, 4.69) is 16.4 Å². The molecule has 0 saturated carbocycles. The van der Waals surface area contributed by atoms with Gasteiger partial charge in [-0.05, 0) is 61.6 Å². The van der Waals surface area contributed by atoms with E-state index in [1.54, 1.807) is 25.1 Å². The summed E-state index contributed by atoms with van der Waals surface area (Å²) < 4.78 is 6.16. The molecule has 1 N–H and O–H groups in total. The molecule has 8 heteroatoms. The van der Waals surface area contributed by atoms with Crippen molar-refractivity contribution in [1.29, 1.82) is 0 Å². The topological polar surface area (TPSA) is 90.3 Å². The van der Waals surface area contributed by atoms with Gasteiger partial charge in [0.1, 0.15) is 0 Å². The van der Waals surface area contributed by atoms with Crippen LogP contribution in [0.2, 0.25) is 0 Å². The standard InChI is InChI=1S/C24H25N3O4S/c1-15(22(29)25-18-11-10-16-6-5-7-17(16)14-18)32-24-26-20-9-4-3-8-19(20)23(30)27(24)13-12-21(28)31-2/h3-4,8-11,14-15H,5-7,12-13H2,1-2H3,(H,25,29). The van der Waals surface area contributed by atoms with Crippen LogP contribution < -0.4 is 10.9 Å². The van der Waals surface area contributed by atoms with Crippen LogP contribution in [0.3, 0.4) is 0 Å². The summed E-state index contributed by atoms with van der Waals surface area (Å²) in [6, 6.07) is 13.1. The van der Waals surface area contributed by atoms with Crippen LogP contribution in [-0.2, 0) is 33.7 Å². The van der Waals surface area contributed by atoms with Gasteiger partial charge in [0.2, 0.25) is 5.91 Å². The van der Waals surface area contributed by atoms with Crippen molar-refractivity contribution in [1.82, 2.24) is 9.55 Å². The fourth-order valence-electron chi connectivity index (χ4n) is 3.85. The molecule has 4 rings (SSSR count). The van der Waals surface area contributed by atoms with Crippen molar-refractivity contribution in [3.8, 4) is 0 Å². The Bertz CT molecular complexity index is 1240. The lowest BCUT2D eigenvalue weighted by molar-refractivity contribution is -0.140. The van der Waals surface area contributed by atoms with E-state index in [0.29, 0.717) is 16.1 Å². The highest BCUT2D eigenvalue weighted by molar-refractivity contribution is 8.00. The van der Waals surface area contributed by atoms with E-state index in [1.807, 2.05) is 18.2 Å². The number of esters is 1. The average Bonchev–Trinajstić information content (AvgIpc) is 3.26. The number of aryl methyl sites for hydroxylation is 2. The highest BCUT2D eigenvalue weighted by Crippen LogP contribution is 2.27. The maximum atomic E-state index is 13.1. The molecule has 1 unspecified atom stereocenters. The van der Waals surface area contributed by atoms with Gasteiger partial charge in [0.15, 0.2) is 5.16 Å². The number of nitrogens with one attached hydrogen (secondary N) is 1. The van der Waals surface area contributed by atoms with Gasteiger partial charge in [0, 0.05) is 12.2 Å². The van der Waals surface area contributed by atoms with E-state index < -0.39 is 11.2 Å². The fraction of sp³-hybridized carbons (Fsp3) is 0.333. The van der Waals surface area contributed by atoms with Gasteiger partial charge in [-0.1, -0.05) is 30.0 Å². The first-order valence-corrected chi connectivity index (χ1v) is 11.5. The van der Waals surface area contributed by atoms with Gasteiger partial charge in [-0.3, -0.25) is 19.0 Å². The number of fused-ring (bicyclic) bond motifs is 2. The molecule has 2 aromatic carbocycles. The second kappa shape index (κ2) is 9.56. The molecular weight excluding hydrogens is 426 g/mol. The number of anilines is 1. The predicted molar refractivity (Wildman–Crippen MR) is 125 cm³/mol. The van der Waals surface area contributed by atoms with Crippen LogP contribution in [0, 0.1) is 0 Å². The van der Waals surface area contributed by atoms with Gasteiger partial charge >= 0.3 is 5.97 Å². The molecule has 0 fully saturated rings. The van der Waals surface area contributed by atoms with Gasteiger partial charge in [-0.2, -0.15) is 0 Å². The Kier molecular flexibility index (Phi) is 6.60. The number of methoxy groups -OCH3 is 1. The van der Waals surface area contributed by atoms with Crippen molar-refractivity contribution in [3.63, 3.8) is 0 Å². The Morgan fingerprint density at radius 1 is 1.19 bits per heavy atom. The van der Waals surface area contributed by atoms with Crippen LogP contribution in [0.1, 0.15) is 30.9 Å². The number of benzene rings is 2. The molecule has 3 aromatic rings. The number of carbonyl (C=O) groups excluding carboxylic acids is 2. The van der Waals surface area contributed by atoms with E-state index in [4.69, 9.17) is 4.74 Å². The zero-order valence-corrected chi connectivity index (χ0v) is 18.9. The smallest absolute Gasteiger partial charge is 0.307 e. The minimum Gasteiger partial charge on any atom is -0.469 e. The third-order valence-corrected chi connectivity index (χ3v) is 6.70. The molecule has 0 bridgehead atoms. The maximum absolute atomic E-state index is 13.1. The lowest BCUT2D eigenvalue weighted by atomic mass is 10.1. The van der Waals surface area contributed by atoms with Crippen LogP contribution in [0.25, 0.3) is 10.9 Å². The number of ether oxygens (including phenoxy) is 1. The Hall–Kier alpha value is -3.13. The summed E-state index contributed by atoms with van der Waals surface area (Å²) in [6.45, 7) is 1.91. The van der Waals surface area contributed by atoms with Crippen molar-refractivity contribution < 1.29 is 14.3 Å². The first-order valence-electron chi connectivity index (χ1n) is 10.6. The maximum Gasteiger partial charge on any atom is 0.307 e. The summed E-state index contributed by atoms with van der Waals surface area (Å²) in [5, 5.41) is 3.34. The largest absolute Gasteiger partial charge is 0.469 e. The zero-order valence-electron chi connectivity index (χ0n) is 18.1. The molecule has 166 valence electrons. The third kappa shape index (κ3) is 4.70. The Balaban J connectivity index is 1.56. The summed E-state index contributed by atoms with van der Waals surface area (Å²) >= 11 is 1.20. The van der Waals surface area contributed by atoms with Crippen LogP contribution >= 0.6 is 11.8 Å². The molecule has 1 aliphatic carbocycles. The van der Waals surface area contributed by atoms with Crippen LogP contribution in [0.5, 0.6) is 0 Å². The number of hydrogen-bond acceptors (Lipinski definition) is 6. The summed E-state index contributed by atoms with van der Waals surface area (Å²) in [6.07, 6.45) is 3.32. The molecule has 0 spiro atoms. The number of hydrogen-bond donors (Lipinski definition) is 1. The summed E-state index contributed by atoms with van der Waals surface area (Å²) in [5.41, 5.74) is 3.72. The number of carbonyl (C=O) groups is 2. The molecule has 1 aliphatic rings. The molecule has 7 nitrogen and oxygen atoms in total. The van der Waals surface area contributed by atoms with Crippen molar-refractivity contribution in [2.75, 3.05) is 12.4 Å². The quantitative estimate of drug-likeness (QED) is 0.336. The minimum absolute atomic E-state index is 0.0414. The van der Waals surface area contributed by atoms with Crippen LogP contribution in [0.4, 0.5) is 5.69 Å². The molecule has 0 radical (unpaired) electrons. The normalized spacial score (nSPS) is 13.6. The zero-order chi connectivity index (χ0) is 22.7. The molecular formula is C24H25N3O4S. The van der Waals surface area contributed by atoms with E-state index in [1.165, 1.54) is 34.6 Å². The SMILES string of the molecule is COC(=O)CCn1c(SC(C)C(=O)Nc2ccc3c(c2)CCC3)nc2ccccc2c1=O. The number of para-hydroxylation sites is 1. The number of aromatic nitrogens is 2. The number of amides is 1. The molecule has 1 heterocycles. The molecule has 1 amide bonds. The summed E-state index contributed by atoms with van der Waals surface area (Å²) in [4.78, 5) is 42.2. The minimum atomic E-state index is -0.499. The van der Waals surface area contributed by atoms with E-state index in [0.717, 1.165) is 24.9 Å². The van der Waals surface area contributed by atoms with Crippen molar-refractivity contribution in [2.24, 2.45) is 0 Å². The summed E-state index contributed by atoms with van der Waals surface area (Å²) in [7, 11) is 1.31. The van der Waals surface area contributed by atoms with E-state index in [-0.39, 0.29) is 24.4 Å².